The molecule has 1 N–H and O–H groups in total. The molecule has 1 saturated carbocycles. The van der Waals surface area contributed by atoms with Crippen molar-refractivity contribution in [2.45, 2.75) is 30.7 Å². The predicted octanol–water partition coefficient (Wildman–Crippen LogP) is 5.57. The maximum atomic E-state index is 12.9. The van der Waals surface area contributed by atoms with Gasteiger partial charge in [-0.25, -0.2) is 9.59 Å². The standard InChI is InChI=1S/C27H25NO4/c1-28(25(26(29)30)19-14-12-18(13-15-19)17-10-11-17)27(31)32-16-24-22-8-4-2-6-20(22)21-7-3-5-9-23(21)24/h2-9,12-15,17,24-25H,10-11,16H2,1H3,(H,29,30). The maximum Gasteiger partial charge on any atom is 0.410 e. The van der Waals surface area contributed by atoms with Crippen molar-refractivity contribution in [3.05, 3.63) is 95.1 Å². The fourth-order valence-electron chi connectivity index (χ4n) is 4.70. The Morgan fingerprint density at radius 1 is 0.938 bits per heavy atom. The third-order valence-electron chi connectivity index (χ3n) is 6.55. The van der Waals surface area contributed by atoms with Crippen LogP contribution in [0.3, 0.4) is 0 Å². The summed E-state index contributed by atoms with van der Waals surface area (Å²) in [5, 5.41) is 9.83. The highest BCUT2D eigenvalue weighted by Crippen LogP contribution is 2.44. The Labute approximate surface area is 187 Å². The number of hydrogen-bond donors (Lipinski definition) is 1. The van der Waals surface area contributed by atoms with Gasteiger partial charge < -0.3 is 9.84 Å². The fraction of sp³-hybridized carbons (Fsp3) is 0.259. The molecule has 1 unspecified atom stereocenters. The summed E-state index contributed by atoms with van der Waals surface area (Å²) in [4.78, 5) is 26.1. The molecule has 3 aromatic carbocycles. The van der Waals surface area contributed by atoms with Crippen LogP contribution in [0, 0.1) is 0 Å². The van der Waals surface area contributed by atoms with Crippen LogP contribution < -0.4 is 0 Å². The zero-order valence-electron chi connectivity index (χ0n) is 17.9. The van der Waals surface area contributed by atoms with Crippen molar-refractivity contribution in [1.82, 2.24) is 4.90 Å². The molecule has 0 aromatic heterocycles. The maximum absolute atomic E-state index is 12.9. The van der Waals surface area contributed by atoms with Crippen molar-refractivity contribution in [3.63, 3.8) is 0 Å². The second-order valence-corrected chi connectivity index (χ2v) is 8.60. The summed E-state index contributed by atoms with van der Waals surface area (Å²) < 4.78 is 5.65. The Balaban J connectivity index is 1.32. The lowest BCUT2D eigenvalue weighted by Crippen LogP contribution is -2.36. The number of nitrogens with zero attached hydrogens (tertiary/aromatic N) is 1. The minimum atomic E-state index is -1.10. The number of likely N-dealkylation sites (N-methyl/N-ethyl adjacent to an activating group) is 1. The fourth-order valence-corrected chi connectivity index (χ4v) is 4.70. The molecule has 0 aliphatic heterocycles. The van der Waals surface area contributed by atoms with Gasteiger partial charge in [0.15, 0.2) is 6.04 Å². The zero-order chi connectivity index (χ0) is 22.2. The number of carbonyl (C=O) groups is 2. The van der Waals surface area contributed by atoms with Gasteiger partial charge in [-0.2, -0.15) is 0 Å². The summed E-state index contributed by atoms with van der Waals surface area (Å²) in [7, 11) is 1.48. The van der Waals surface area contributed by atoms with Crippen molar-refractivity contribution >= 4 is 12.1 Å². The molecule has 1 amide bonds. The van der Waals surface area contributed by atoms with E-state index in [-0.39, 0.29) is 12.5 Å². The van der Waals surface area contributed by atoms with Crippen LogP contribution >= 0.6 is 0 Å². The van der Waals surface area contributed by atoms with Crippen LogP contribution in [0.25, 0.3) is 11.1 Å². The van der Waals surface area contributed by atoms with Crippen LogP contribution in [0.4, 0.5) is 4.79 Å². The quantitative estimate of drug-likeness (QED) is 0.558. The first-order chi connectivity index (χ1) is 15.5. The van der Waals surface area contributed by atoms with E-state index in [1.54, 1.807) is 12.1 Å². The van der Waals surface area contributed by atoms with Crippen molar-refractivity contribution in [1.29, 1.82) is 0 Å². The van der Waals surface area contributed by atoms with Gasteiger partial charge in [-0.15, -0.1) is 0 Å². The number of amides is 1. The molecule has 0 saturated heterocycles. The first-order valence-electron chi connectivity index (χ1n) is 10.9. The number of aliphatic carboxylic acids is 1. The van der Waals surface area contributed by atoms with E-state index >= 15 is 0 Å². The third-order valence-corrected chi connectivity index (χ3v) is 6.55. The summed E-state index contributed by atoms with van der Waals surface area (Å²) in [6.45, 7) is 0.157. The average Bonchev–Trinajstić information content (AvgIpc) is 3.61. The van der Waals surface area contributed by atoms with E-state index in [1.807, 2.05) is 36.4 Å². The lowest BCUT2D eigenvalue weighted by atomic mass is 9.98. The highest BCUT2D eigenvalue weighted by Gasteiger charge is 2.33. The van der Waals surface area contributed by atoms with Gasteiger partial charge in [0.25, 0.3) is 0 Å². The molecule has 2 aliphatic carbocycles. The molecule has 0 spiro atoms. The lowest BCUT2D eigenvalue weighted by molar-refractivity contribution is -0.142. The number of carboxylic acids is 1. The Bertz CT molecular complexity index is 1120. The van der Waals surface area contributed by atoms with Gasteiger partial charge in [-0.3, -0.25) is 4.90 Å². The Kier molecular flexibility index (Phi) is 5.17. The second kappa shape index (κ2) is 8.15. The summed E-state index contributed by atoms with van der Waals surface area (Å²) in [5.74, 6) is -0.562. The Morgan fingerprint density at radius 2 is 1.50 bits per heavy atom. The van der Waals surface area contributed by atoms with E-state index in [0.29, 0.717) is 11.5 Å². The highest BCUT2D eigenvalue weighted by molar-refractivity contribution is 5.82. The molecule has 5 heteroatoms. The molecule has 2 aliphatic rings. The van der Waals surface area contributed by atoms with Gasteiger partial charge >= 0.3 is 12.1 Å². The minimum Gasteiger partial charge on any atom is -0.479 e. The SMILES string of the molecule is CN(C(=O)OCC1c2ccccc2-c2ccccc21)C(C(=O)O)c1ccc(C2CC2)cc1. The number of carbonyl (C=O) groups excluding carboxylic acids is 1. The predicted molar refractivity (Wildman–Crippen MR) is 122 cm³/mol. The van der Waals surface area contributed by atoms with Crippen LogP contribution in [-0.2, 0) is 9.53 Å². The number of benzene rings is 3. The van der Waals surface area contributed by atoms with E-state index < -0.39 is 18.1 Å². The molecule has 1 fully saturated rings. The minimum absolute atomic E-state index is 0.0687. The van der Waals surface area contributed by atoms with E-state index in [0.717, 1.165) is 22.3 Å². The second-order valence-electron chi connectivity index (χ2n) is 8.60. The Hall–Kier alpha value is -3.60. The first-order valence-corrected chi connectivity index (χ1v) is 10.9. The van der Waals surface area contributed by atoms with Crippen molar-refractivity contribution in [3.8, 4) is 11.1 Å². The van der Waals surface area contributed by atoms with E-state index in [1.165, 1.54) is 30.4 Å². The van der Waals surface area contributed by atoms with Gasteiger partial charge in [0.05, 0.1) is 0 Å². The smallest absolute Gasteiger partial charge is 0.410 e. The summed E-state index contributed by atoms with van der Waals surface area (Å²) in [6, 6.07) is 22.7. The topological polar surface area (TPSA) is 66.8 Å². The molecule has 1 atom stereocenters. The number of hydrogen-bond acceptors (Lipinski definition) is 3. The zero-order valence-corrected chi connectivity index (χ0v) is 17.9. The number of fused-ring (bicyclic) bond motifs is 3. The molecule has 3 aromatic rings. The molecule has 0 bridgehead atoms. The lowest BCUT2D eigenvalue weighted by Gasteiger charge is -2.25. The van der Waals surface area contributed by atoms with Crippen molar-refractivity contribution in [2.75, 3.05) is 13.7 Å². The Morgan fingerprint density at radius 3 is 2.03 bits per heavy atom. The van der Waals surface area contributed by atoms with Crippen LogP contribution in [0.15, 0.2) is 72.8 Å². The molecule has 5 nitrogen and oxygen atoms in total. The van der Waals surface area contributed by atoms with Crippen LogP contribution in [0.2, 0.25) is 0 Å². The van der Waals surface area contributed by atoms with Crippen LogP contribution in [0.1, 0.15) is 53.0 Å². The van der Waals surface area contributed by atoms with E-state index in [9.17, 15) is 14.7 Å². The highest BCUT2D eigenvalue weighted by atomic mass is 16.6. The van der Waals surface area contributed by atoms with Gasteiger partial charge in [0.1, 0.15) is 6.61 Å². The van der Waals surface area contributed by atoms with Crippen molar-refractivity contribution in [2.24, 2.45) is 0 Å². The molecule has 32 heavy (non-hydrogen) atoms. The molecule has 0 heterocycles. The van der Waals surface area contributed by atoms with Crippen LogP contribution in [0.5, 0.6) is 0 Å². The van der Waals surface area contributed by atoms with E-state index in [4.69, 9.17) is 4.74 Å². The van der Waals surface area contributed by atoms with Gasteiger partial charge in [-0.05, 0) is 52.1 Å². The summed E-state index contributed by atoms with van der Waals surface area (Å²) in [5.41, 5.74) is 6.33. The molecule has 162 valence electrons. The van der Waals surface area contributed by atoms with Gasteiger partial charge in [-0.1, -0.05) is 72.8 Å². The van der Waals surface area contributed by atoms with Crippen LogP contribution in [-0.4, -0.2) is 35.7 Å². The average molecular weight is 428 g/mol. The molecular weight excluding hydrogens is 402 g/mol. The monoisotopic (exact) mass is 427 g/mol. The summed E-state index contributed by atoms with van der Waals surface area (Å²) >= 11 is 0. The number of ether oxygens (including phenoxy) is 1. The number of carboxylic acid groups (broad SMARTS) is 1. The van der Waals surface area contributed by atoms with Crippen molar-refractivity contribution < 1.29 is 19.4 Å². The largest absolute Gasteiger partial charge is 0.479 e. The third kappa shape index (κ3) is 3.64. The summed E-state index contributed by atoms with van der Waals surface area (Å²) in [6.07, 6.45) is 1.72. The molecule has 0 radical (unpaired) electrons. The normalized spacial score (nSPS) is 15.5. The molecule has 5 rings (SSSR count). The van der Waals surface area contributed by atoms with Gasteiger partial charge in [0.2, 0.25) is 0 Å². The number of rotatable bonds is 6. The van der Waals surface area contributed by atoms with Gasteiger partial charge in [0, 0.05) is 13.0 Å². The van der Waals surface area contributed by atoms with E-state index in [2.05, 4.69) is 24.3 Å². The first kappa shape index (κ1) is 20.3. The molecular formula is C27H25NO4.